The highest BCUT2D eigenvalue weighted by Gasteiger charge is 2.31. The minimum absolute atomic E-state index is 0. The van der Waals surface area contributed by atoms with Gasteiger partial charge in [0.05, 0.1) is 6.42 Å². The Bertz CT molecular complexity index is 503. The highest BCUT2D eigenvalue weighted by molar-refractivity contribution is 6.31. The number of hydrogen-bond donors (Lipinski definition) is 2. The van der Waals surface area contributed by atoms with Crippen LogP contribution in [0.25, 0.3) is 0 Å². The number of hydrogen-bond acceptors (Lipinski definition) is 2. The minimum Gasteiger partial charge on any atom is -0.354 e. The number of carbonyl (C=O) groups is 1. The first-order chi connectivity index (χ1) is 9.90. The molecule has 3 nitrogen and oxygen atoms in total. The summed E-state index contributed by atoms with van der Waals surface area (Å²) in [6.45, 7) is 5.93. The summed E-state index contributed by atoms with van der Waals surface area (Å²) in [5.74, 6) is -0.640. The Hall–Kier alpha value is -0.840. The van der Waals surface area contributed by atoms with Gasteiger partial charge in [-0.05, 0) is 36.9 Å². The molecular formula is C16H23Cl2FN2O. The number of benzene rings is 1. The molecule has 2 N–H and O–H groups in total. The molecule has 6 heteroatoms. The second kappa shape index (κ2) is 8.14. The number of carbonyl (C=O) groups excluding carboxylic acids is 1. The van der Waals surface area contributed by atoms with Crippen molar-refractivity contribution in [3.05, 3.63) is 34.6 Å². The Morgan fingerprint density at radius 3 is 2.86 bits per heavy atom. The van der Waals surface area contributed by atoms with Crippen molar-refractivity contribution in [2.24, 2.45) is 5.41 Å². The van der Waals surface area contributed by atoms with Crippen LogP contribution in [-0.2, 0) is 11.2 Å². The molecule has 2 rings (SSSR count). The van der Waals surface area contributed by atoms with E-state index in [2.05, 4.69) is 24.5 Å². The van der Waals surface area contributed by atoms with Crippen LogP contribution < -0.4 is 10.6 Å². The molecule has 0 bridgehead atoms. The largest absolute Gasteiger partial charge is 0.354 e. The van der Waals surface area contributed by atoms with Gasteiger partial charge in [0, 0.05) is 23.2 Å². The summed E-state index contributed by atoms with van der Waals surface area (Å²) in [6.07, 6.45) is 2.26. The van der Waals surface area contributed by atoms with Crippen LogP contribution in [0, 0.1) is 11.2 Å². The smallest absolute Gasteiger partial charge is 0.224 e. The summed E-state index contributed by atoms with van der Waals surface area (Å²) >= 11 is 5.94. The Balaban J connectivity index is 0.00000242. The Morgan fingerprint density at radius 1 is 1.50 bits per heavy atom. The van der Waals surface area contributed by atoms with Crippen molar-refractivity contribution < 1.29 is 9.18 Å². The topological polar surface area (TPSA) is 41.1 Å². The number of nitrogens with one attached hydrogen (secondary N) is 2. The molecule has 1 saturated heterocycles. The molecule has 0 aromatic heterocycles. The molecular weight excluding hydrogens is 326 g/mol. The van der Waals surface area contributed by atoms with Crippen molar-refractivity contribution in [1.82, 2.24) is 10.6 Å². The van der Waals surface area contributed by atoms with Crippen LogP contribution in [0.15, 0.2) is 18.2 Å². The van der Waals surface area contributed by atoms with Crippen molar-refractivity contribution in [3.8, 4) is 0 Å². The van der Waals surface area contributed by atoms with E-state index >= 15 is 0 Å². The number of piperidine rings is 1. The molecule has 0 radical (unpaired) electrons. The van der Waals surface area contributed by atoms with E-state index in [0.717, 1.165) is 19.4 Å². The SMILES string of the molecule is CC1(C)CCCNC1CNC(=O)Cc1c(F)cccc1Cl.Cl. The number of amides is 1. The lowest BCUT2D eigenvalue weighted by Gasteiger charge is -2.39. The quantitative estimate of drug-likeness (QED) is 0.875. The van der Waals surface area contributed by atoms with Crippen molar-refractivity contribution in [2.45, 2.75) is 39.2 Å². The van der Waals surface area contributed by atoms with Crippen molar-refractivity contribution in [2.75, 3.05) is 13.1 Å². The Kier molecular flexibility index (Phi) is 7.10. The van der Waals surface area contributed by atoms with Gasteiger partial charge in [0.15, 0.2) is 0 Å². The summed E-state index contributed by atoms with van der Waals surface area (Å²) in [6, 6.07) is 4.69. The highest BCUT2D eigenvalue weighted by Crippen LogP contribution is 2.29. The molecule has 1 aromatic carbocycles. The van der Waals surface area contributed by atoms with Gasteiger partial charge in [-0.25, -0.2) is 4.39 Å². The van der Waals surface area contributed by atoms with Gasteiger partial charge in [0.25, 0.3) is 0 Å². The highest BCUT2D eigenvalue weighted by atomic mass is 35.5. The summed E-state index contributed by atoms with van der Waals surface area (Å²) in [7, 11) is 0. The molecule has 124 valence electrons. The molecule has 1 atom stereocenters. The lowest BCUT2D eigenvalue weighted by molar-refractivity contribution is -0.120. The second-order valence-corrected chi connectivity index (χ2v) is 6.69. The zero-order chi connectivity index (χ0) is 15.5. The number of rotatable bonds is 4. The van der Waals surface area contributed by atoms with Crippen LogP contribution in [0.1, 0.15) is 32.3 Å². The molecule has 1 amide bonds. The molecule has 1 aromatic rings. The van der Waals surface area contributed by atoms with Crippen LogP contribution in [0.5, 0.6) is 0 Å². The molecule has 1 aliphatic heterocycles. The van der Waals surface area contributed by atoms with Gasteiger partial charge in [0.2, 0.25) is 5.91 Å². The summed E-state index contributed by atoms with van der Waals surface area (Å²) < 4.78 is 13.7. The normalized spacial score (nSPS) is 20.1. The van der Waals surface area contributed by atoms with Gasteiger partial charge in [-0.2, -0.15) is 0 Å². The van der Waals surface area contributed by atoms with Crippen molar-refractivity contribution in [3.63, 3.8) is 0 Å². The zero-order valence-electron chi connectivity index (χ0n) is 12.9. The fraction of sp³-hybridized carbons (Fsp3) is 0.562. The van der Waals surface area contributed by atoms with E-state index in [1.807, 2.05) is 0 Å². The minimum atomic E-state index is -0.436. The summed E-state index contributed by atoms with van der Waals surface area (Å²) in [5, 5.41) is 6.61. The molecule has 1 heterocycles. The van der Waals surface area contributed by atoms with Crippen LogP contribution in [0.2, 0.25) is 5.02 Å². The third-order valence-electron chi connectivity index (χ3n) is 4.23. The van der Waals surface area contributed by atoms with Crippen LogP contribution in [-0.4, -0.2) is 25.0 Å². The predicted molar refractivity (Wildman–Crippen MR) is 90.2 cm³/mol. The molecule has 1 unspecified atom stereocenters. The third-order valence-corrected chi connectivity index (χ3v) is 4.59. The van der Waals surface area contributed by atoms with E-state index in [1.54, 1.807) is 6.07 Å². The maximum atomic E-state index is 13.7. The predicted octanol–water partition coefficient (Wildman–Crippen LogP) is 3.34. The zero-order valence-corrected chi connectivity index (χ0v) is 14.5. The fourth-order valence-corrected chi connectivity index (χ4v) is 2.99. The molecule has 0 spiro atoms. The van der Waals surface area contributed by atoms with Crippen LogP contribution in [0.3, 0.4) is 0 Å². The molecule has 22 heavy (non-hydrogen) atoms. The van der Waals surface area contributed by atoms with E-state index in [4.69, 9.17) is 11.6 Å². The van der Waals surface area contributed by atoms with E-state index in [-0.39, 0.29) is 41.8 Å². The van der Waals surface area contributed by atoms with E-state index in [1.165, 1.54) is 12.1 Å². The first-order valence-electron chi connectivity index (χ1n) is 7.33. The van der Waals surface area contributed by atoms with Gasteiger partial charge in [-0.1, -0.05) is 31.5 Å². The lowest BCUT2D eigenvalue weighted by Crippen LogP contribution is -2.53. The second-order valence-electron chi connectivity index (χ2n) is 6.28. The molecule has 0 saturated carbocycles. The maximum absolute atomic E-state index is 13.7. The van der Waals surface area contributed by atoms with Gasteiger partial charge in [-0.15, -0.1) is 12.4 Å². The van der Waals surface area contributed by atoms with Gasteiger partial charge in [-0.3, -0.25) is 4.79 Å². The Labute approximate surface area is 142 Å². The Morgan fingerprint density at radius 2 is 2.23 bits per heavy atom. The molecule has 0 aliphatic carbocycles. The van der Waals surface area contributed by atoms with Crippen LogP contribution in [0.4, 0.5) is 4.39 Å². The maximum Gasteiger partial charge on any atom is 0.224 e. The average Bonchev–Trinajstić information content (AvgIpc) is 2.41. The molecule has 1 aliphatic rings. The van der Waals surface area contributed by atoms with E-state index in [9.17, 15) is 9.18 Å². The summed E-state index contributed by atoms with van der Waals surface area (Å²) in [5.41, 5.74) is 0.411. The standard InChI is InChI=1S/C16H22ClFN2O.ClH/c1-16(2)7-4-8-19-14(16)10-20-15(21)9-11-12(17)5-3-6-13(11)18;/h3,5-6,14,19H,4,7-10H2,1-2H3,(H,20,21);1H. The van der Waals surface area contributed by atoms with Crippen molar-refractivity contribution >= 4 is 29.9 Å². The molecule has 1 fully saturated rings. The monoisotopic (exact) mass is 348 g/mol. The van der Waals surface area contributed by atoms with Gasteiger partial charge >= 0.3 is 0 Å². The van der Waals surface area contributed by atoms with Gasteiger partial charge < -0.3 is 10.6 Å². The third kappa shape index (κ3) is 4.83. The van der Waals surface area contributed by atoms with E-state index in [0.29, 0.717) is 11.6 Å². The lowest BCUT2D eigenvalue weighted by atomic mass is 9.77. The first kappa shape index (κ1) is 19.2. The van der Waals surface area contributed by atoms with Gasteiger partial charge in [0.1, 0.15) is 5.82 Å². The fourth-order valence-electron chi connectivity index (χ4n) is 2.76. The first-order valence-corrected chi connectivity index (χ1v) is 7.71. The van der Waals surface area contributed by atoms with Crippen LogP contribution >= 0.6 is 24.0 Å². The average molecular weight is 349 g/mol. The van der Waals surface area contributed by atoms with E-state index < -0.39 is 5.82 Å². The summed E-state index contributed by atoms with van der Waals surface area (Å²) in [4.78, 5) is 12.0. The number of halogens is 3. The van der Waals surface area contributed by atoms with Crippen molar-refractivity contribution in [1.29, 1.82) is 0 Å².